The second kappa shape index (κ2) is 4.28. The van der Waals surface area contributed by atoms with Gasteiger partial charge in [-0.1, -0.05) is 0 Å². The lowest BCUT2D eigenvalue weighted by molar-refractivity contribution is 0.626. The van der Waals surface area contributed by atoms with Crippen LogP contribution in [0.4, 0.5) is 4.39 Å². The van der Waals surface area contributed by atoms with Gasteiger partial charge in [0.2, 0.25) is 0 Å². The minimum absolute atomic E-state index is 0.253. The zero-order valence-electron chi connectivity index (χ0n) is 10.6. The first-order valence-electron chi connectivity index (χ1n) is 5.90. The molecular weight excluding hydrogens is 261 g/mol. The van der Waals surface area contributed by atoms with Crippen LogP contribution >= 0.6 is 12.2 Å². The molecule has 0 aliphatic rings. The van der Waals surface area contributed by atoms with Crippen LogP contribution in [0.25, 0.3) is 16.9 Å². The summed E-state index contributed by atoms with van der Waals surface area (Å²) in [5.41, 5.74) is 4.36. The molecular formula is C14H12FN3S. The van der Waals surface area contributed by atoms with Crippen LogP contribution in [0, 0.1) is 24.4 Å². The molecule has 3 aromatic rings. The largest absolute Gasteiger partial charge is 0.329 e. The Morgan fingerprint density at radius 1 is 1.26 bits per heavy atom. The Balaban J connectivity index is 2.36. The third kappa shape index (κ3) is 1.96. The smallest absolute Gasteiger partial charge is 0.184 e. The average Bonchev–Trinajstić information content (AvgIpc) is 2.65. The van der Waals surface area contributed by atoms with Gasteiger partial charge in [0, 0.05) is 6.20 Å². The van der Waals surface area contributed by atoms with Gasteiger partial charge in [0.05, 0.1) is 11.2 Å². The Morgan fingerprint density at radius 2 is 2.05 bits per heavy atom. The Labute approximate surface area is 114 Å². The van der Waals surface area contributed by atoms with Gasteiger partial charge in [-0.25, -0.2) is 9.37 Å². The quantitative estimate of drug-likeness (QED) is 0.683. The molecule has 0 spiro atoms. The number of hydrogen-bond donors (Lipinski definition) is 1. The molecule has 5 heteroatoms. The SMILES string of the molecule is Cc1cnc2c(c1)[nH]c(=S)n2-c1ccc(F)cc1C. The summed E-state index contributed by atoms with van der Waals surface area (Å²) in [7, 11) is 0. The second-order valence-electron chi connectivity index (χ2n) is 4.58. The van der Waals surface area contributed by atoms with Crippen LogP contribution in [-0.4, -0.2) is 14.5 Å². The van der Waals surface area contributed by atoms with E-state index in [1.807, 2.05) is 24.5 Å². The van der Waals surface area contributed by atoms with Gasteiger partial charge in [-0.15, -0.1) is 0 Å². The Hall–Kier alpha value is -2.01. The fourth-order valence-corrected chi connectivity index (χ4v) is 2.49. The zero-order chi connectivity index (χ0) is 13.6. The maximum atomic E-state index is 13.2. The molecule has 19 heavy (non-hydrogen) atoms. The van der Waals surface area contributed by atoms with Crippen molar-refractivity contribution in [2.24, 2.45) is 0 Å². The van der Waals surface area contributed by atoms with E-state index < -0.39 is 0 Å². The normalized spacial score (nSPS) is 11.1. The number of nitrogens with zero attached hydrogens (tertiary/aromatic N) is 2. The number of nitrogens with one attached hydrogen (secondary N) is 1. The summed E-state index contributed by atoms with van der Waals surface area (Å²) < 4.78 is 15.6. The molecule has 2 heterocycles. The molecule has 0 fully saturated rings. The van der Waals surface area contributed by atoms with Crippen molar-refractivity contribution in [1.29, 1.82) is 0 Å². The highest BCUT2D eigenvalue weighted by molar-refractivity contribution is 7.71. The first-order chi connectivity index (χ1) is 9.06. The highest BCUT2D eigenvalue weighted by Gasteiger charge is 2.10. The summed E-state index contributed by atoms with van der Waals surface area (Å²) in [4.78, 5) is 7.54. The van der Waals surface area contributed by atoms with Gasteiger partial charge >= 0.3 is 0 Å². The fourth-order valence-electron chi connectivity index (χ4n) is 2.19. The van der Waals surface area contributed by atoms with Crippen molar-refractivity contribution in [3.05, 3.63) is 52.2 Å². The molecule has 0 amide bonds. The predicted molar refractivity (Wildman–Crippen MR) is 75.7 cm³/mol. The van der Waals surface area contributed by atoms with Crippen LogP contribution in [0.1, 0.15) is 11.1 Å². The molecule has 0 bridgehead atoms. The molecule has 3 nitrogen and oxygen atoms in total. The van der Waals surface area contributed by atoms with Gasteiger partial charge in [0.25, 0.3) is 0 Å². The predicted octanol–water partition coefficient (Wildman–Crippen LogP) is 3.84. The number of pyridine rings is 1. The molecule has 0 saturated heterocycles. The summed E-state index contributed by atoms with van der Waals surface area (Å²) >= 11 is 5.34. The minimum Gasteiger partial charge on any atom is -0.329 e. The second-order valence-corrected chi connectivity index (χ2v) is 4.97. The van der Waals surface area contributed by atoms with Crippen molar-refractivity contribution >= 4 is 23.4 Å². The van der Waals surface area contributed by atoms with Crippen molar-refractivity contribution in [3.8, 4) is 5.69 Å². The lowest BCUT2D eigenvalue weighted by Crippen LogP contribution is -1.99. The Morgan fingerprint density at radius 3 is 2.79 bits per heavy atom. The number of aryl methyl sites for hydroxylation is 2. The van der Waals surface area contributed by atoms with E-state index in [0.29, 0.717) is 4.77 Å². The molecule has 0 atom stereocenters. The summed E-state index contributed by atoms with van der Waals surface area (Å²) in [5, 5.41) is 0. The van der Waals surface area contributed by atoms with Crippen molar-refractivity contribution in [3.63, 3.8) is 0 Å². The van der Waals surface area contributed by atoms with E-state index in [-0.39, 0.29) is 5.82 Å². The van der Waals surface area contributed by atoms with Gasteiger partial charge < -0.3 is 4.98 Å². The van der Waals surface area contributed by atoms with Crippen molar-refractivity contribution < 1.29 is 4.39 Å². The monoisotopic (exact) mass is 273 g/mol. The molecule has 1 aromatic carbocycles. The number of H-pyrrole nitrogens is 1. The van der Waals surface area contributed by atoms with Crippen LogP contribution in [0.5, 0.6) is 0 Å². The van der Waals surface area contributed by atoms with Crippen LogP contribution in [0.3, 0.4) is 0 Å². The third-order valence-electron chi connectivity index (χ3n) is 3.06. The number of halogens is 1. The average molecular weight is 273 g/mol. The molecule has 0 radical (unpaired) electrons. The number of fused-ring (bicyclic) bond motifs is 1. The summed E-state index contributed by atoms with van der Waals surface area (Å²) in [6.07, 6.45) is 1.79. The number of aromatic amines is 1. The van der Waals surface area contributed by atoms with Gasteiger partial charge in [-0.2, -0.15) is 0 Å². The summed E-state index contributed by atoms with van der Waals surface area (Å²) in [5.74, 6) is -0.253. The maximum Gasteiger partial charge on any atom is 0.184 e. The lowest BCUT2D eigenvalue weighted by atomic mass is 10.2. The van der Waals surface area contributed by atoms with Crippen LogP contribution < -0.4 is 0 Å². The molecule has 0 saturated carbocycles. The van der Waals surface area contributed by atoms with E-state index in [9.17, 15) is 4.39 Å². The number of benzene rings is 1. The van der Waals surface area contributed by atoms with Crippen molar-refractivity contribution in [2.75, 3.05) is 0 Å². The summed E-state index contributed by atoms with van der Waals surface area (Å²) in [6.45, 7) is 3.83. The summed E-state index contributed by atoms with van der Waals surface area (Å²) in [6, 6.07) is 6.63. The van der Waals surface area contributed by atoms with Crippen LogP contribution in [-0.2, 0) is 0 Å². The lowest BCUT2D eigenvalue weighted by Gasteiger charge is -2.07. The number of aromatic nitrogens is 3. The maximum absolute atomic E-state index is 13.2. The van der Waals surface area contributed by atoms with Crippen molar-refractivity contribution in [2.45, 2.75) is 13.8 Å². The van der Waals surface area contributed by atoms with Gasteiger partial charge in [-0.05, 0) is 61.5 Å². The highest BCUT2D eigenvalue weighted by atomic mass is 32.1. The van der Waals surface area contributed by atoms with Crippen molar-refractivity contribution in [1.82, 2.24) is 14.5 Å². The number of imidazole rings is 1. The van der Waals surface area contributed by atoms with Gasteiger partial charge in [-0.3, -0.25) is 4.57 Å². The molecule has 2 aromatic heterocycles. The Kier molecular flexibility index (Phi) is 2.71. The zero-order valence-corrected chi connectivity index (χ0v) is 11.4. The van der Waals surface area contributed by atoms with E-state index in [1.165, 1.54) is 12.1 Å². The van der Waals surface area contributed by atoms with Crippen LogP contribution in [0.2, 0.25) is 0 Å². The number of hydrogen-bond acceptors (Lipinski definition) is 2. The van der Waals surface area contributed by atoms with Crippen LogP contribution in [0.15, 0.2) is 30.5 Å². The molecule has 96 valence electrons. The van der Waals surface area contributed by atoms with E-state index in [0.717, 1.165) is 28.0 Å². The highest BCUT2D eigenvalue weighted by Crippen LogP contribution is 2.21. The standard InChI is InChI=1S/C14H12FN3S/c1-8-5-11-13(16-7-8)18(14(19)17-11)12-4-3-10(15)6-9(12)2/h3-7H,1-2H3,(H,17,19). The molecule has 0 unspecified atom stereocenters. The molecule has 3 rings (SSSR count). The molecule has 0 aliphatic heterocycles. The Bertz CT molecular complexity index is 832. The van der Waals surface area contributed by atoms with Gasteiger partial charge in [0.1, 0.15) is 5.82 Å². The number of rotatable bonds is 1. The first-order valence-corrected chi connectivity index (χ1v) is 6.31. The van der Waals surface area contributed by atoms with E-state index in [1.54, 1.807) is 12.3 Å². The molecule has 1 N–H and O–H groups in total. The third-order valence-corrected chi connectivity index (χ3v) is 3.34. The van der Waals surface area contributed by atoms with Gasteiger partial charge in [0.15, 0.2) is 10.4 Å². The topological polar surface area (TPSA) is 33.6 Å². The minimum atomic E-state index is -0.253. The molecule has 0 aliphatic carbocycles. The van der Waals surface area contributed by atoms with E-state index in [2.05, 4.69) is 9.97 Å². The first kappa shape index (κ1) is 12.0. The fraction of sp³-hybridized carbons (Fsp3) is 0.143. The van der Waals surface area contributed by atoms with E-state index in [4.69, 9.17) is 12.2 Å². The van der Waals surface area contributed by atoms with E-state index >= 15 is 0 Å².